The summed E-state index contributed by atoms with van der Waals surface area (Å²) in [5.41, 5.74) is 2.08. The summed E-state index contributed by atoms with van der Waals surface area (Å²) in [4.78, 5) is 11.3. The molecule has 4 rings (SSSR count). The summed E-state index contributed by atoms with van der Waals surface area (Å²) in [5, 5.41) is 8.85. The molecule has 0 bridgehead atoms. The number of ether oxygens (including phenoxy) is 1. The predicted octanol–water partition coefficient (Wildman–Crippen LogP) is 5.67. The maximum absolute atomic E-state index is 7.90. The van der Waals surface area contributed by atoms with Crippen LogP contribution in [0.5, 0.6) is 0 Å². The van der Waals surface area contributed by atoms with E-state index in [4.69, 9.17) is 34.5 Å². The molecule has 6 nitrogen and oxygen atoms in total. The Morgan fingerprint density at radius 1 is 1.43 bits per heavy atom. The van der Waals surface area contributed by atoms with Crippen LogP contribution in [-0.4, -0.2) is 41.0 Å². The molecule has 9 heteroatoms. The lowest BCUT2D eigenvalue weighted by Gasteiger charge is -2.33. The summed E-state index contributed by atoms with van der Waals surface area (Å²) in [6.45, 7) is 12.1. The Labute approximate surface area is 176 Å². The monoisotopic (exact) mass is 433 g/mol. The van der Waals surface area contributed by atoms with Gasteiger partial charge in [-0.05, 0) is 24.1 Å². The molecule has 1 aliphatic heterocycles. The number of aromatic amines is 1. The van der Waals surface area contributed by atoms with Crippen LogP contribution in [0.4, 0.5) is 10.7 Å². The lowest BCUT2D eigenvalue weighted by molar-refractivity contribution is 0.0387. The second-order valence-electron chi connectivity index (χ2n) is 6.38. The third-order valence-corrected chi connectivity index (χ3v) is 6.48. The molecule has 0 spiro atoms. The van der Waals surface area contributed by atoms with E-state index in [1.54, 1.807) is 12.1 Å². The van der Waals surface area contributed by atoms with Gasteiger partial charge in [-0.3, -0.25) is 5.10 Å². The molecule has 1 aromatic carbocycles. The van der Waals surface area contributed by atoms with E-state index in [2.05, 4.69) is 31.9 Å². The molecule has 0 aliphatic carbocycles. The predicted molar refractivity (Wildman–Crippen MR) is 114 cm³/mol. The first-order chi connectivity index (χ1) is 13.6. The zero-order chi connectivity index (χ0) is 19.7. The molecule has 0 radical (unpaired) electrons. The number of halogens is 2. The number of thiophene rings is 1. The van der Waals surface area contributed by atoms with E-state index in [-0.39, 0.29) is 6.10 Å². The Bertz CT molecular complexity index is 1030. The van der Waals surface area contributed by atoms with Gasteiger partial charge < -0.3 is 9.64 Å². The molecule has 0 saturated carbocycles. The molecule has 144 valence electrons. The zero-order valence-corrected chi connectivity index (χ0v) is 17.4. The summed E-state index contributed by atoms with van der Waals surface area (Å²) < 4.78 is 5.80. The molecule has 0 unspecified atom stereocenters. The van der Waals surface area contributed by atoms with Gasteiger partial charge in [0.2, 0.25) is 5.69 Å². The van der Waals surface area contributed by atoms with Crippen molar-refractivity contribution in [3.63, 3.8) is 0 Å². The van der Waals surface area contributed by atoms with Crippen LogP contribution in [0.3, 0.4) is 0 Å². The van der Waals surface area contributed by atoms with Gasteiger partial charge in [-0.25, -0.2) is 9.83 Å². The van der Waals surface area contributed by atoms with Crippen molar-refractivity contribution in [2.75, 3.05) is 24.6 Å². The van der Waals surface area contributed by atoms with Gasteiger partial charge in [0.15, 0.2) is 5.82 Å². The van der Waals surface area contributed by atoms with E-state index in [9.17, 15) is 0 Å². The first kappa shape index (κ1) is 19.2. The summed E-state index contributed by atoms with van der Waals surface area (Å²) in [6, 6.07) is 5.31. The SMILES string of the molecule is [C-]#[N+]c1c(N2CCO[C@H](CC)C2)sc(-c2ncn[nH]2)c1-c1ccc(Cl)cc1Cl. The Morgan fingerprint density at radius 2 is 2.29 bits per heavy atom. The molecule has 1 aliphatic rings. The van der Waals surface area contributed by atoms with Gasteiger partial charge in [-0.15, -0.1) is 11.3 Å². The van der Waals surface area contributed by atoms with Gasteiger partial charge in [0, 0.05) is 28.7 Å². The minimum Gasteiger partial charge on any atom is -0.375 e. The fourth-order valence-electron chi connectivity index (χ4n) is 3.30. The maximum atomic E-state index is 7.90. The second-order valence-corrected chi connectivity index (χ2v) is 8.22. The van der Waals surface area contributed by atoms with Crippen molar-refractivity contribution in [3.05, 3.63) is 46.0 Å². The fraction of sp³-hybridized carbons (Fsp3) is 0.316. The Kier molecular flexibility index (Phi) is 5.56. The number of benzene rings is 1. The molecular weight excluding hydrogens is 417 g/mol. The second kappa shape index (κ2) is 8.10. The molecule has 3 aromatic rings. The molecule has 1 N–H and O–H groups in total. The van der Waals surface area contributed by atoms with E-state index >= 15 is 0 Å². The summed E-state index contributed by atoms with van der Waals surface area (Å²) in [5.74, 6) is 0.613. The third-order valence-electron chi connectivity index (χ3n) is 4.69. The first-order valence-corrected chi connectivity index (χ1v) is 10.4. The van der Waals surface area contributed by atoms with Crippen LogP contribution in [0.25, 0.3) is 26.7 Å². The van der Waals surface area contributed by atoms with Crippen molar-refractivity contribution in [1.82, 2.24) is 15.2 Å². The van der Waals surface area contributed by atoms with Crippen molar-refractivity contribution in [2.45, 2.75) is 19.4 Å². The summed E-state index contributed by atoms with van der Waals surface area (Å²) in [6.07, 6.45) is 2.55. The maximum Gasteiger partial charge on any atom is 0.229 e. The van der Waals surface area contributed by atoms with E-state index in [0.29, 0.717) is 28.2 Å². The number of hydrogen-bond acceptors (Lipinski definition) is 5. The zero-order valence-electron chi connectivity index (χ0n) is 15.1. The molecule has 1 fully saturated rings. The quantitative estimate of drug-likeness (QED) is 0.538. The highest BCUT2D eigenvalue weighted by molar-refractivity contribution is 7.20. The van der Waals surface area contributed by atoms with Crippen LogP contribution in [-0.2, 0) is 4.74 Å². The number of aromatic nitrogens is 3. The van der Waals surface area contributed by atoms with Crippen LogP contribution in [0, 0.1) is 6.57 Å². The Morgan fingerprint density at radius 3 is 2.96 bits per heavy atom. The fourth-order valence-corrected chi connectivity index (χ4v) is 5.04. The topological polar surface area (TPSA) is 58.4 Å². The summed E-state index contributed by atoms with van der Waals surface area (Å²) >= 11 is 14.1. The van der Waals surface area contributed by atoms with Gasteiger partial charge in [0.25, 0.3) is 0 Å². The number of H-pyrrole nitrogens is 1. The number of anilines is 1. The summed E-state index contributed by atoms with van der Waals surface area (Å²) in [7, 11) is 0. The molecule has 28 heavy (non-hydrogen) atoms. The molecule has 2 aromatic heterocycles. The van der Waals surface area contributed by atoms with Gasteiger partial charge in [0.1, 0.15) is 6.33 Å². The van der Waals surface area contributed by atoms with Gasteiger partial charge in [0.05, 0.1) is 29.2 Å². The molecule has 1 atom stereocenters. The van der Waals surface area contributed by atoms with Crippen LogP contribution >= 0.6 is 34.5 Å². The Balaban J connectivity index is 1.91. The number of morpholine rings is 1. The van der Waals surface area contributed by atoms with Crippen molar-refractivity contribution in [3.8, 4) is 21.8 Å². The van der Waals surface area contributed by atoms with Crippen molar-refractivity contribution in [1.29, 1.82) is 0 Å². The molecule has 0 amide bonds. The van der Waals surface area contributed by atoms with Crippen LogP contribution in [0.15, 0.2) is 24.5 Å². The highest BCUT2D eigenvalue weighted by Gasteiger charge is 2.29. The average molecular weight is 434 g/mol. The van der Waals surface area contributed by atoms with Crippen LogP contribution < -0.4 is 4.90 Å². The van der Waals surface area contributed by atoms with Crippen molar-refractivity contribution in [2.24, 2.45) is 0 Å². The number of hydrogen-bond donors (Lipinski definition) is 1. The minimum atomic E-state index is 0.158. The Hall–Kier alpha value is -2.11. The number of nitrogens with zero attached hydrogens (tertiary/aromatic N) is 4. The first-order valence-electron chi connectivity index (χ1n) is 8.84. The van der Waals surface area contributed by atoms with Crippen LogP contribution in [0.1, 0.15) is 13.3 Å². The van der Waals surface area contributed by atoms with E-state index < -0.39 is 0 Å². The normalized spacial score (nSPS) is 16.9. The smallest absolute Gasteiger partial charge is 0.229 e. The highest BCUT2D eigenvalue weighted by atomic mass is 35.5. The standard InChI is InChI=1S/C19H17Cl2N5OS/c1-3-12-9-26(6-7-27-12)19-16(22-2)15(13-5-4-11(20)8-14(13)21)17(28-19)18-23-10-24-25-18/h4-5,8,10,12H,3,6-7,9H2,1H3,(H,23,24,25)/t12-/m1/s1. The molecule has 1 saturated heterocycles. The lowest BCUT2D eigenvalue weighted by atomic mass is 10.0. The van der Waals surface area contributed by atoms with E-state index in [1.807, 2.05) is 6.07 Å². The van der Waals surface area contributed by atoms with Crippen molar-refractivity contribution < 1.29 is 4.74 Å². The average Bonchev–Trinajstić information content (AvgIpc) is 3.35. The van der Waals surface area contributed by atoms with Gasteiger partial charge in [-0.1, -0.05) is 36.2 Å². The minimum absolute atomic E-state index is 0.158. The number of nitrogens with one attached hydrogen (secondary N) is 1. The van der Waals surface area contributed by atoms with Crippen molar-refractivity contribution >= 4 is 45.2 Å². The van der Waals surface area contributed by atoms with Gasteiger partial charge in [-0.2, -0.15) is 5.10 Å². The molecule has 3 heterocycles. The van der Waals surface area contributed by atoms with Gasteiger partial charge >= 0.3 is 0 Å². The lowest BCUT2D eigenvalue weighted by Crippen LogP contribution is -2.41. The molecular formula is C19H17Cl2N5OS. The largest absolute Gasteiger partial charge is 0.375 e. The van der Waals surface area contributed by atoms with E-state index in [1.165, 1.54) is 17.7 Å². The number of rotatable bonds is 4. The highest BCUT2D eigenvalue weighted by Crippen LogP contribution is 2.53. The third kappa shape index (κ3) is 3.49. The van der Waals surface area contributed by atoms with Crippen LogP contribution in [0.2, 0.25) is 10.0 Å². The van der Waals surface area contributed by atoms with E-state index in [0.717, 1.165) is 40.5 Å².